The van der Waals surface area contributed by atoms with Crippen LogP contribution in [0.4, 0.5) is 0 Å². The molecule has 1 N–H and O–H groups in total. The number of thiophene rings is 1. The summed E-state index contributed by atoms with van der Waals surface area (Å²) < 4.78 is 6.45. The van der Waals surface area contributed by atoms with Crippen LogP contribution in [0.3, 0.4) is 0 Å². The molecule has 1 aromatic carbocycles. The molecule has 0 aliphatic heterocycles. The van der Waals surface area contributed by atoms with Gasteiger partial charge in [-0.1, -0.05) is 19.1 Å². The van der Waals surface area contributed by atoms with Gasteiger partial charge in [0.1, 0.15) is 5.75 Å². The van der Waals surface area contributed by atoms with E-state index in [0.29, 0.717) is 0 Å². The van der Waals surface area contributed by atoms with Crippen LogP contribution in [-0.4, -0.2) is 13.7 Å². The molecule has 0 saturated carbocycles. The van der Waals surface area contributed by atoms with Gasteiger partial charge in [0, 0.05) is 14.7 Å². The molecule has 0 spiro atoms. The van der Waals surface area contributed by atoms with Gasteiger partial charge < -0.3 is 10.1 Å². The lowest BCUT2D eigenvalue weighted by molar-refractivity contribution is 0.413. The van der Waals surface area contributed by atoms with Crippen LogP contribution < -0.4 is 10.1 Å². The molecule has 0 amide bonds. The second-order valence-electron chi connectivity index (χ2n) is 4.33. The second kappa shape index (κ2) is 7.08. The van der Waals surface area contributed by atoms with Gasteiger partial charge in [0.05, 0.1) is 13.2 Å². The molecule has 2 rings (SSSR count). The molecule has 4 heteroatoms. The van der Waals surface area contributed by atoms with Crippen LogP contribution >= 0.6 is 27.3 Å². The summed E-state index contributed by atoms with van der Waals surface area (Å²) in [6, 6.07) is 10.7. The first kappa shape index (κ1) is 14.6. The third-order valence-electron chi connectivity index (χ3n) is 2.90. The highest BCUT2D eigenvalue weighted by Crippen LogP contribution is 2.31. The maximum absolute atomic E-state index is 5.32. The average Bonchev–Trinajstić information content (AvgIpc) is 2.86. The van der Waals surface area contributed by atoms with Gasteiger partial charge in [-0.2, -0.15) is 0 Å². The number of rotatable bonds is 6. The molecule has 19 heavy (non-hydrogen) atoms. The van der Waals surface area contributed by atoms with Gasteiger partial charge in [0.15, 0.2) is 0 Å². The minimum absolute atomic E-state index is 0.228. The summed E-state index contributed by atoms with van der Waals surface area (Å²) in [5.74, 6) is 0.899. The van der Waals surface area contributed by atoms with Crippen LogP contribution in [0.5, 0.6) is 5.75 Å². The molecule has 1 aromatic heterocycles. The molecule has 0 radical (unpaired) electrons. The Morgan fingerprint density at radius 1 is 1.37 bits per heavy atom. The SMILES string of the molecule is CCCNC(c1cccc(OC)c1)c1cc(Br)cs1. The summed E-state index contributed by atoms with van der Waals surface area (Å²) in [5.41, 5.74) is 1.24. The van der Waals surface area contributed by atoms with Crippen LogP contribution in [0, 0.1) is 0 Å². The number of benzene rings is 1. The number of ether oxygens (including phenoxy) is 1. The smallest absolute Gasteiger partial charge is 0.119 e. The van der Waals surface area contributed by atoms with E-state index in [4.69, 9.17) is 4.74 Å². The van der Waals surface area contributed by atoms with Crippen LogP contribution in [0.25, 0.3) is 0 Å². The molecule has 0 bridgehead atoms. The standard InChI is InChI=1S/C15H18BrNOS/c1-3-7-17-15(14-9-12(16)10-19-14)11-5-4-6-13(8-11)18-2/h4-6,8-10,15,17H,3,7H2,1-2H3. The predicted octanol–water partition coefficient (Wildman–Crippen LogP) is 4.61. The lowest BCUT2D eigenvalue weighted by atomic mass is 10.0. The van der Waals surface area contributed by atoms with Gasteiger partial charge in [0.2, 0.25) is 0 Å². The van der Waals surface area contributed by atoms with Crippen molar-refractivity contribution in [2.45, 2.75) is 19.4 Å². The molecular weight excluding hydrogens is 322 g/mol. The third kappa shape index (κ3) is 3.81. The van der Waals surface area contributed by atoms with E-state index in [1.807, 2.05) is 12.1 Å². The lowest BCUT2D eigenvalue weighted by Gasteiger charge is -2.18. The van der Waals surface area contributed by atoms with E-state index in [-0.39, 0.29) is 6.04 Å². The zero-order valence-corrected chi connectivity index (χ0v) is 13.6. The summed E-state index contributed by atoms with van der Waals surface area (Å²) in [4.78, 5) is 1.31. The first-order valence-corrected chi connectivity index (χ1v) is 8.03. The molecule has 102 valence electrons. The predicted molar refractivity (Wildman–Crippen MR) is 85.1 cm³/mol. The average molecular weight is 340 g/mol. The largest absolute Gasteiger partial charge is 0.497 e. The topological polar surface area (TPSA) is 21.3 Å². The van der Waals surface area contributed by atoms with E-state index in [1.165, 1.54) is 10.4 Å². The van der Waals surface area contributed by atoms with E-state index in [0.717, 1.165) is 23.2 Å². The maximum Gasteiger partial charge on any atom is 0.119 e. The van der Waals surface area contributed by atoms with Gasteiger partial charge in [0.25, 0.3) is 0 Å². The Bertz CT molecular complexity index is 526. The summed E-state index contributed by atoms with van der Waals surface area (Å²) in [7, 11) is 1.70. The summed E-state index contributed by atoms with van der Waals surface area (Å²) in [5, 5.41) is 5.72. The first-order valence-electron chi connectivity index (χ1n) is 6.36. The Balaban J connectivity index is 2.30. The highest BCUT2D eigenvalue weighted by Gasteiger charge is 2.15. The van der Waals surface area contributed by atoms with Crippen molar-refractivity contribution in [1.82, 2.24) is 5.32 Å². The molecule has 0 aliphatic carbocycles. The Morgan fingerprint density at radius 3 is 2.84 bits per heavy atom. The molecule has 2 aromatic rings. The molecule has 0 aliphatic rings. The molecule has 2 nitrogen and oxygen atoms in total. The summed E-state index contributed by atoms with van der Waals surface area (Å²) in [6.45, 7) is 3.18. The van der Waals surface area contributed by atoms with E-state index >= 15 is 0 Å². The molecular formula is C15H18BrNOS. The van der Waals surface area contributed by atoms with Crippen LogP contribution in [0.15, 0.2) is 40.2 Å². The van der Waals surface area contributed by atoms with Crippen LogP contribution in [0.2, 0.25) is 0 Å². The molecule has 1 atom stereocenters. The minimum Gasteiger partial charge on any atom is -0.497 e. The van der Waals surface area contributed by atoms with Gasteiger partial charge in [-0.3, -0.25) is 0 Å². The van der Waals surface area contributed by atoms with Crippen molar-refractivity contribution in [3.63, 3.8) is 0 Å². The maximum atomic E-state index is 5.32. The highest BCUT2D eigenvalue weighted by atomic mass is 79.9. The summed E-state index contributed by atoms with van der Waals surface area (Å²) >= 11 is 5.29. The van der Waals surface area contributed by atoms with E-state index in [1.54, 1.807) is 18.4 Å². The molecule has 1 unspecified atom stereocenters. The van der Waals surface area contributed by atoms with Crippen molar-refractivity contribution < 1.29 is 4.74 Å². The first-order chi connectivity index (χ1) is 9.24. The highest BCUT2D eigenvalue weighted by molar-refractivity contribution is 9.10. The number of hydrogen-bond acceptors (Lipinski definition) is 3. The van der Waals surface area contributed by atoms with E-state index in [2.05, 4.69) is 51.7 Å². The van der Waals surface area contributed by atoms with Gasteiger partial charge in [-0.05, 0) is 52.7 Å². The van der Waals surface area contributed by atoms with Crippen LogP contribution in [-0.2, 0) is 0 Å². The number of halogens is 1. The lowest BCUT2D eigenvalue weighted by Crippen LogP contribution is -2.22. The number of nitrogens with one attached hydrogen (secondary N) is 1. The molecule has 0 saturated heterocycles. The van der Waals surface area contributed by atoms with Crippen molar-refractivity contribution in [3.8, 4) is 5.75 Å². The van der Waals surface area contributed by atoms with Gasteiger partial charge >= 0.3 is 0 Å². The second-order valence-corrected chi connectivity index (χ2v) is 6.19. The fourth-order valence-electron chi connectivity index (χ4n) is 1.97. The van der Waals surface area contributed by atoms with Gasteiger partial charge in [-0.15, -0.1) is 11.3 Å². The Labute approximate surface area is 126 Å². The number of methoxy groups -OCH3 is 1. The van der Waals surface area contributed by atoms with Crippen LogP contribution in [0.1, 0.15) is 29.8 Å². The fraction of sp³-hybridized carbons (Fsp3) is 0.333. The van der Waals surface area contributed by atoms with Crippen molar-refractivity contribution in [2.75, 3.05) is 13.7 Å². The normalized spacial score (nSPS) is 12.4. The summed E-state index contributed by atoms with van der Waals surface area (Å²) in [6.07, 6.45) is 1.12. The number of hydrogen-bond donors (Lipinski definition) is 1. The molecule has 0 fully saturated rings. The Morgan fingerprint density at radius 2 is 2.21 bits per heavy atom. The Hall–Kier alpha value is -0.840. The zero-order chi connectivity index (χ0) is 13.7. The van der Waals surface area contributed by atoms with Crippen molar-refractivity contribution >= 4 is 27.3 Å². The molecule has 1 heterocycles. The monoisotopic (exact) mass is 339 g/mol. The van der Waals surface area contributed by atoms with Gasteiger partial charge in [-0.25, -0.2) is 0 Å². The van der Waals surface area contributed by atoms with E-state index < -0.39 is 0 Å². The zero-order valence-electron chi connectivity index (χ0n) is 11.2. The Kier molecular flexibility index (Phi) is 5.43. The minimum atomic E-state index is 0.228. The van der Waals surface area contributed by atoms with Crippen molar-refractivity contribution in [2.24, 2.45) is 0 Å². The van der Waals surface area contributed by atoms with Crippen molar-refractivity contribution in [3.05, 3.63) is 50.6 Å². The quantitative estimate of drug-likeness (QED) is 0.829. The fourth-order valence-corrected chi connectivity index (χ4v) is 3.52. The third-order valence-corrected chi connectivity index (χ3v) is 4.66. The van der Waals surface area contributed by atoms with E-state index in [9.17, 15) is 0 Å². The van der Waals surface area contributed by atoms with Crippen molar-refractivity contribution in [1.29, 1.82) is 0 Å².